The van der Waals surface area contributed by atoms with Crippen molar-refractivity contribution < 1.29 is 4.74 Å². The summed E-state index contributed by atoms with van der Waals surface area (Å²) in [6, 6.07) is 25.0. The highest BCUT2D eigenvalue weighted by Crippen LogP contribution is 2.46. The van der Waals surface area contributed by atoms with Crippen LogP contribution in [0.1, 0.15) is 37.1 Å². The summed E-state index contributed by atoms with van der Waals surface area (Å²) in [5.74, 6) is 3.38. The van der Waals surface area contributed by atoms with Crippen LogP contribution in [0.3, 0.4) is 0 Å². The monoisotopic (exact) mass is 443 g/mol. The molecular weight excluding hydrogens is 418 g/mol. The molecule has 0 fully saturated rings. The smallest absolute Gasteiger partial charge is 0.167 e. The number of ether oxygens (including phenoxy) is 1. The predicted octanol–water partition coefficient (Wildman–Crippen LogP) is 6.97. The average molecular weight is 444 g/mol. The third kappa shape index (κ3) is 3.61. The molecule has 3 aromatic carbocycles. The summed E-state index contributed by atoms with van der Waals surface area (Å²) in [7, 11) is 0. The molecule has 2 unspecified atom stereocenters. The lowest BCUT2D eigenvalue weighted by atomic mass is 9.91. The number of rotatable bonds is 4. The molecule has 0 radical (unpaired) electrons. The molecule has 0 N–H and O–H groups in total. The zero-order chi connectivity index (χ0) is 23.1. The summed E-state index contributed by atoms with van der Waals surface area (Å²) in [4.78, 5) is 14.7. The summed E-state index contributed by atoms with van der Waals surface area (Å²) >= 11 is 0. The normalized spacial score (nSPS) is 18.0. The molecule has 0 bridgehead atoms. The Hall–Kier alpha value is -4.05. The van der Waals surface area contributed by atoms with Gasteiger partial charge in [-0.05, 0) is 29.3 Å². The van der Waals surface area contributed by atoms with Crippen LogP contribution < -0.4 is 4.74 Å². The lowest BCUT2D eigenvalue weighted by molar-refractivity contribution is 0.269. The number of benzene rings is 3. The maximum atomic E-state index is 6.38. The summed E-state index contributed by atoms with van der Waals surface area (Å²) in [6.07, 6.45) is 8.47. The molecule has 4 aromatic rings. The lowest BCUT2D eigenvalue weighted by Crippen LogP contribution is -2.15. The highest BCUT2D eigenvalue weighted by Gasteiger charge is 2.34. The third-order valence-electron chi connectivity index (χ3n) is 6.38. The second-order valence-electron chi connectivity index (χ2n) is 9.04. The average Bonchev–Trinajstić information content (AvgIpc) is 3.28. The molecule has 0 saturated carbocycles. The number of hydrogen-bond acceptors (Lipinski definition) is 4. The predicted molar refractivity (Wildman–Crippen MR) is 136 cm³/mol. The maximum absolute atomic E-state index is 6.38. The van der Waals surface area contributed by atoms with Gasteiger partial charge >= 0.3 is 0 Å². The molecule has 1 aliphatic carbocycles. The van der Waals surface area contributed by atoms with Crippen molar-refractivity contribution in [2.45, 2.75) is 31.8 Å². The molecule has 4 heteroatoms. The molecule has 0 spiro atoms. The fourth-order valence-corrected chi connectivity index (χ4v) is 4.61. The Balaban J connectivity index is 1.48. The molecule has 0 amide bonds. The molecule has 2 aliphatic rings. The Labute approximate surface area is 199 Å². The van der Waals surface area contributed by atoms with Gasteiger partial charge in [-0.2, -0.15) is 0 Å². The second-order valence-corrected chi connectivity index (χ2v) is 9.04. The van der Waals surface area contributed by atoms with E-state index in [-0.39, 0.29) is 17.9 Å². The Morgan fingerprint density at radius 1 is 0.706 bits per heavy atom. The van der Waals surface area contributed by atoms with Gasteiger partial charge in [0.15, 0.2) is 11.6 Å². The van der Waals surface area contributed by atoms with Gasteiger partial charge in [0.2, 0.25) is 0 Å². The zero-order valence-corrected chi connectivity index (χ0v) is 19.2. The molecule has 2 heterocycles. The van der Waals surface area contributed by atoms with Gasteiger partial charge in [0.1, 0.15) is 17.7 Å². The number of aromatic nitrogens is 3. The van der Waals surface area contributed by atoms with Gasteiger partial charge in [-0.3, -0.25) is 0 Å². The van der Waals surface area contributed by atoms with E-state index in [0.29, 0.717) is 11.6 Å². The van der Waals surface area contributed by atoms with Crippen molar-refractivity contribution in [1.29, 1.82) is 0 Å². The van der Waals surface area contributed by atoms with Gasteiger partial charge in [0.25, 0.3) is 0 Å². The Morgan fingerprint density at radius 2 is 1.44 bits per heavy atom. The zero-order valence-electron chi connectivity index (χ0n) is 19.2. The fourth-order valence-electron chi connectivity index (χ4n) is 4.61. The van der Waals surface area contributed by atoms with Crippen molar-refractivity contribution in [3.8, 4) is 39.7 Å². The highest BCUT2D eigenvalue weighted by atomic mass is 16.5. The largest absolute Gasteiger partial charge is 0.484 e. The van der Waals surface area contributed by atoms with E-state index in [9.17, 15) is 0 Å². The van der Waals surface area contributed by atoms with E-state index < -0.39 is 0 Å². The van der Waals surface area contributed by atoms with Crippen molar-refractivity contribution in [3.05, 3.63) is 108 Å². The molecule has 6 rings (SSSR count). The molecular formula is C30H25N3O. The second kappa shape index (κ2) is 8.38. The van der Waals surface area contributed by atoms with Gasteiger partial charge in [-0.15, -0.1) is 0 Å². The number of fused-ring (bicyclic) bond motifs is 3. The van der Waals surface area contributed by atoms with Crippen molar-refractivity contribution >= 4 is 0 Å². The number of para-hydroxylation sites is 1. The van der Waals surface area contributed by atoms with Crippen LogP contribution >= 0.6 is 0 Å². The van der Waals surface area contributed by atoms with Crippen LogP contribution in [0, 0.1) is 0 Å². The minimum atomic E-state index is 0.0228. The molecule has 2 atom stereocenters. The number of hydrogen-bond donors (Lipinski definition) is 0. The van der Waals surface area contributed by atoms with E-state index in [1.165, 1.54) is 11.1 Å². The minimum absolute atomic E-state index is 0.0228. The van der Waals surface area contributed by atoms with E-state index >= 15 is 0 Å². The van der Waals surface area contributed by atoms with Gasteiger partial charge in [0.05, 0.1) is 5.56 Å². The summed E-state index contributed by atoms with van der Waals surface area (Å²) in [5, 5.41) is 0. The van der Waals surface area contributed by atoms with Crippen molar-refractivity contribution in [3.63, 3.8) is 0 Å². The van der Waals surface area contributed by atoms with Crippen LogP contribution in [0.5, 0.6) is 5.75 Å². The van der Waals surface area contributed by atoms with Crippen LogP contribution in [-0.2, 0) is 0 Å². The van der Waals surface area contributed by atoms with Crippen LogP contribution in [-0.4, -0.2) is 21.1 Å². The Bertz CT molecular complexity index is 1420. The molecule has 166 valence electrons. The number of allylic oxidation sites excluding steroid dienone is 2. The quantitative estimate of drug-likeness (QED) is 0.342. The first kappa shape index (κ1) is 20.5. The summed E-state index contributed by atoms with van der Waals surface area (Å²) in [6.45, 7) is 4.22. The number of nitrogens with zero attached hydrogens (tertiary/aromatic N) is 3. The van der Waals surface area contributed by atoms with Crippen molar-refractivity contribution in [2.24, 2.45) is 0 Å². The van der Waals surface area contributed by atoms with E-state index in [2.05, 4.69) is 92.7 Å². The Kier molecular flexibility index (Phi) is 5.06. The topological polar surface area (TPSA) is 47.9 Å². The first-order valence-corrected chi connectivity index (χ1v) is 11.7. The van der Waals surface area contributed by atoms with E-state index in [0.717, 1.165) is 28.3 Å². The van der Waals surface area contributed by atoms with Crippen molar-refractivity contribution in [2.75, 3.05) is 0 Å². The molecule has 34 heavy (non-hydrogen) atoms. The summed E-state index contributed by atoms with van der Waals surface area (Å²) in [5.41, 5.74) is 5.37. The van der Waals surface area contributed by atoms with Crippen LogP contribution in [0.15, 0.2) is 97.1 Å². The van der Waals surface area contributed by atoms with Crippen molar-refractivity contribution in [1.82, 2.24) is 15.0 Å². The van der Waals surface area contributed by atoms with Gasteiger partial charge in [-0.1, -0.05) is 92.7 Å². The highest BCUT2D eigenvalue weighted by molar-refractivity contribution is 5.73. The van der Waals surface area contributed by atoms with Crippen LogP contribution in [0.25, 0.3) is 33.9 Å². The molecule has 1 aromatic heterocycles. The maximum Gasteiger partial charge on any atom is 0.167 e. The first-order chi connectivity index (χ1) is 16.7. The minimum Gasteiger partial charge on any atom is -0.484 e. The van der Waals surface area contributed by atoms with E-state index in [1.54, 1.807) is 0 Å². The van der Waals surface area contributed by atoms with E-state index in [4.69, 9.17) is 19.7 Å². The first-order valence-electron chi connectivity index (χ1n) is 11.7. The van der Waals surface area contributed by atoms with Gasteiger partial charge < -0.3 is 4.74 Å². The van der Waals surface area contributed by atoms with Gasteiger partial charge in [-0.25, -0.2) is 15.0 Å². The lowest BCUT2D eigenvalue weighted by Gasteiger charge is -2.14. The van der Waals surface area contributed by atoms with Crippen LogP contribution in [0.2, 0.25) is 0 Å². The van der Waals surface area contributed by atoms with Crippen LogP contribution in [0.4, 0.5) is 0 Å². The molecule has 1 aliphatic heterocycles. The van der Waals surface area contributed by atoms with E-state index in [1.807, 2.05) is 18.2 Å². The third-order valence-corrected chi connectivity index (χ3v) is 6.38. The SMILES string of the molecule is CC(C)c1nc(-c2cccc(-c3ccccc3)c2)nc(-c2cccc3c2OC2C=CC=CC32)n1. The molecule has 0 saturated heterocycles. The standard InChI is InChI=1S/C30H25N3O/c1-19(2)28-31-29(22-13-8-12-21(18-22)20-10-4-3-5-11-20)33-30(32-28)25-16-9-15-24-23-14-6-7-17-26(23)34-27(24)25/h3-19,23,26H,1-2H3. The van der Waals surface area contributed by atoms with Gasteiger partial charge in [0, 0.05) is 23.0 Å². The Morgan fingerprint density at radius 3 is 2.29 bits per heavy atom. The fraction of sp³-hybridized carbons (Fsp3) is 0.167. The molecule has 4 nitrogen and oxygen atoms in total. The summed E-state index contributed by atoms with van der Waals surface area (Å²) < 4.78 is 6.38.